The first-order chi connectivity index (χ1) is 10.2. The van der Waals surface area contributed by atoms with Crippen molar-refractivity contribution in [3.05, 3.63) is 65.7 Å². The van der Waals surface area contributed by atoms with Crippen molar-refractivity contribution in [1.82, 2.24) is 4.31 Å². The van der Waals surface area contributed by atoms with Gasteiger partial charge in [0, 0.05) is 13.6 Å². The van der Waals surface area contributed by atoms with Crippen LogP contribution in [0.25, 0.3) is 0 Å². The molecule has 0 unspecified atom stereocenters. The van der Waals surface area contributed by atoms with Crippen LogP contribution in [-0.4, -0.2) is 19.8 Å². The SMILES string of the molecule is CN(Cc1ccccc1)S(=O)(=O)c1ccc(C(F)(F)F)cc1. The summed E-state index contributed by atoms with van der Waals surface area (Å²) in [4.78, 5) is -0.168. The van der Waals surface area contributed by atoms with E-state index in [0.29, 0.717) is 0 Å². The summed E-state index contributed by atoms with van der Waals surface area (Å²) in [6.45, 7) is 0.143. The smallest absolute Gasteiger partial charge is 0.207 e. The molecule has 0 aliphatic rings. The van der Waals surface area contributed by atoms with Gasteiger partial charge >= 0.3 is 6.18 Å². The second-order valence-electron chi connectivity index (χ2n) is 4.77. The number of benzene rings is 2. The van der Waals surface area contributed by atoms with E-state index in [1.807, 2.05) is 6.07 Å². The third-order valence-electron chi connectivity index (χ3n) is 3.14. The highest BCUT2D eigenvalue weighted by atomic mass is 32.2. The van der Waals surface area contributed by atoms with E-state index in [0.717, 1.165) is 34.1 Å². The predicted molar refractivity (Wildman–Crippen MR) is 76.5 cm³/mol. The normalized spacial score (nSPS) is 12.6. The summed E-state index contributed by atoms with van der Waals surface area (Å²) in [5.74, 6) is 0. The molecule has 0 bridgehead atoms. The number of alkyl halides is 3. The molecule has 0 amide bonds. The molecule has 0 spiro atoms. The zero-order valence-corrected chi connectivity index (χ0v) is 12.5. The Balaban J connectivity index is 2.22. The fraction of sp³-hybridized carbons (Fsp3) is 0.200. The molecule has 0 aromatic heterocycles. The summed E-state index contributed by atoms with van der Waals surface area (Å²) in [5.41, 5.74) is -0.0855. The Morgan fingerprint density at radius 1 is 0.955 bits per heavy atom. The Hall–Kier alpha value is -1.86. The first-order valence-electron chi connectivity index (χ1n) is 6.39. The first kappa shape index (κ1) is 16.5. The van der Waals surface area contributed by atoms with Crippen LogP contribution in [0.3, 0.4) is 0 Å². The summed E-state index contributed by atoms with van der Waals surface area (Å²) in [7, 11) is -2.44. The van der Waals surface area contributed by atoms with Gasteiger partial charge in [0.2, 0.25) is 10.0 Å². The molecule has 0 N–H and O–H groups in total. The lowest BCUT2D eigenvalue weighted by Crippen LogP contribution is -2.26. The van der Waals surface area contributed by atoms with Gasteiger partial charge in [-0.1, -0.05) is 30.3 Å². The molecular formula is C15H14F3NO2S. The summed E-state index contributed by atoms with van der Waals surface area (Å²) in [5, 5.41) is 0. The van der Waals surface area contributed by atoms with Crippen LogP contribution >= 0.6 is 0 Å². The zero-order chi connectivity index (χ0) is 16.4. The summed E-state index contributed by atoms with van der Waals surface area (Å²) >= 11 is 0. The molecule has 22 heavy (non-hydrogen) atoms. The summed E-state index contributed by atoms with van der Waals surface area (Å²) in [6.07, 6.45) is -4.49. The third-order valence-corrected chi connectivity index (χ3v) is 4.96. The van der Waals surface area contributed by atoms with Crippen LogP contribution in [-0.2, 0) is 22.7 Å². The molecule has 0 saturated heterocycles. The van der Waals surface area contributed by atoms with E-state index in [1.165, 1.54) is 7.05 Å². The molecule has 2 aromatic carbocycles. The molecular weight excluding hydrogens is 315 g/mol. The van der Waals surface area contributed by atoms with Gasteiger partial charge in [-0.3, -0.25) is 0 Å². The lowest BCUT2D eigenvalue weighted by molar-refractivity contribution is -0.137. The number of halogens is 3. The lowest BCUT2D eigenvalue weighted by Gasteiger charge is -2.17. The average molecular weight is 329 g/mol. The van der Waals surface area contributed by atoms with E-state index in [2.05, 4.69) is 0 Å². The van der Waals surface area contributed by atoms with Crippen LogP contribution in [0.2, 0.25) is 0 Å². The van der Waals surface area contributed by atoms with Crippen LogP contribution in [0, 0.1) is 0 Å². The third kappa shape index (κ3) is 3.66. The zero-order valence-electron chi connectivity index (χ0n) is 11.7. The standard InChI is InChI=1S/C15H14F3NO2S/c1-19(11-12-5-3-2-4-6-12)22(20,21)14-9-7-13(8-10-14)15(16,17)18/h2-10H,11H2,1H3. The van der Waals surface area contributed by atoms with Crippen molar-refractivity contribution in [3.63, 3.8) is 0 Å². The molecule has 0 saturated carbocycles. The van der Waals surface area contributed by atoms with Gasteiger partial charge in [0.25, 0.3) is 0 Å². The number of nitrogens with zero attached hydrogens (tertiary/aromatic N) is 1. The number of hydrogen-bond acceptors (Lipinski definition) is 2. The van der Waals surface area contributed by atoms with Crippen LogP contribution < -0.4 is 0 Å². The molecule has 2 aromatic rings. The van der Waals surface area contributed by atoms with E-state index in [9.17, 15) is 21.6 Å². The van der Waals surface area contributed by atoms with E-state index in [-0.39, 0.29) is 11.4 Å². The second-order valence-corrected chi connectivity index (χ2v) is 6.81. The second kappa shape index (κ2) is 6.10. The predicted octanol–water partition coefficient (Wildman–Crippen LogP) is 3.53. The monoisotopic (exact) mass is 329 g/mol. The quantitative estimate of drug-likeness (QED) is 0.860. The molecule has 2 rings (SSSR count). The van der Waals surface area contributed by atoms with E-state index in [4.69, 9.17) is 0 Å². The van der Waals surface area contributed by atoms with Crippen LogP contribution in [0.15, 0.2) is 59.5 Å². The van der Waals surface area contributed by atoms with Gasteiger partial charge < -0.3 is 0 Å². The molecule has 0 fully saturated rings. The highest BCUT2D eigenvalue weighted by Crippen LogP contribution is 2.30. The van der Waals surface area contributed by atoms with Crippen molar-refractivity contribution in [2.45, 2.75) is 17.6 Å². The maximum Gasteiger partial charge on any atom is 0.416 e. The van der Waals surface area contributed by atoms with Gasteiger partial charge in [-0.2, -0.15) is 17.5 Å². The Labute approximate surface area is 127 Å². The average Bonchev–Trinajstić information content (AvgIpc) is 2.47. The molecule has 0 heterocycles. The van der Waals surface area contributed by atoms with Crippen LogP contribution in [0.1, 0.15) is 11.1 Å². The maximum absolute atomic E-state index is 12.5. The van der Waals surface area contributed by atoms with Crippen molar-refractivity contribution >= 4 is 10.0 Å². The molecule has 0 aliphatic heterocycles. The van der Waals surface area contributed by atoms with Crippen molar-refractivity contribution in [2.24, 2.45) is 0 Å². The number of rotatable bonds is 4. The fourth-order valence-electron chi connectivity index (χ4n) is 1.92. The molecule has 0 radical (unpaired) electrons. The van der Waals surface area contributed by atoms with Gasteiger partial charge in [-0.05, 0) is 29.8 Å². The minimum Gasteiger partial charge on any atom is -0.207 e. The molecule has 118 valence electrons. The van der Waals surface area contributed by atoms with Gasteiger partial charge in [0.05, 0.1) is 10.5 Å². The Bertz CT molecular complexity index is 726. The minimum absolute atomic E-state index is 0.143. The maximum atomic E-state index is 12.5. The van der Waals surface area contributed by atoms with E-state index < -0.39 is 21.8 Å². The van der Waals surface area contributed by atoms with Gasteiger partial charge in [-0.25, -0.2) is 8.42 Å². The fourth-order valence-corrected chi connectivity index (χ4v) is 3.08. The summed E-state index contributed by atoms with van der Waals surface area (Å²) < 4.78 is 63.3. The van der Waals surface area contributed by atoms with Gasteiger partial charge in [0.15, 0.2) is 0 Å². The van der Waals surface area contributed by atoms with Gasteiger partial charge in [0.1, 0.15) is 0 Å². The Kier molecular flexibility index (Phi) is 4.58. The number of hydrogen-bond donors (Lipinski definition) is 0. The van der Waals surface area contributed by atoms with Crippen LogP contribution in [0.4, 0.5) is 13.2 Å². The van der Waals surface area contributed by atoms with Crippen molar-refractivity contribution in [3.8, 4) is 0 Å². The highest BCUT2D eigenvalue weighted by molar-refractivity contribution is 7.89. The van der Waals surface area contributed by atoms with Crippen molar-refractivity contribution in [2.75, 3.05) is 7.05 Å². The molecule has 3 nitrogen and oxygen atoms in total. The first-order valence-corrected chi connectivity index (χ1v) is 7.83. The van der Waals surface area contributed by atoms with Gasteiger partial charge in [-0.15, -0.1) is 0 Å². The van der Waals surface area contributed by atoms with E-state index in [1.54, 1.807) is 24.3 Å². The topological polar surface area (TPSA) is 37.4 Å². The molecule has 0 aliphatic carbocycles. The highest BCUT2D eigenvalue weighted by Gasteiger charge is 2.31. The Morgan fingerprint density at radius 2 is 1.50 bits per heavy atom. The molecule has 0 atom stereocenters. The minimum atomic E-state index is -4.49. The van der Waals surface area contributed by atoms with Crippen molar-refractivity contribution < 1.29 is 21.6 Å². The lowest BCUT2D eigenvalue weighted by atomic mass is 10.2. The largest absolute Gasteiger partial charge is 0.416 e. The van der Waals surface area contributed by atoms with E-state index >= 15 is 0 Å². The van der Waals surface area contributed by atoms with Crippen molar-refractivity contribution in [1.29, 1.82) is 0 Å². The molecule has 7 heteroatoms. The summed E-state index contributed by atoms with van der Waals surface area (Å²) in [6, 6.07) is 12.4. The van der Waals surface area contributed by atoms with Crippen LogP contribution in [0.5, 0.6) is 0 Å². The Morgan fingerprint density at radius 3 is 2.00 bits per heavy atom. The number of sulfonamides is 1.